The van der Waals surface area contributed by atoms with Crippen molar-refractivity contribution in [1.82, 2.24) is 0 Å². The van der Waals surface area contributed by atoms with Crippen LogP contribution in [0.3, 0.4) is 0 Å². The lowest BCUT2D eigenvalue weighted by molar-refractivity contribution is 0.403. The molecule has 7 aromatic rings. The number of ether oxygens (including phenoxy) is 2. The van der Waals surface area contributed by atoms with Gasteiger partial charge in [0.1, 0.15) is 17.2 Å². The number of benzene rings is 7. The van der Waals surface area contributed by atoms with Crippen molar-refractivity contribution in [2.75, 3.05) is 14.2 Å². The minimum Gasteiger partial charge on any atom is -0.507 e. The minimum atomic E-state index is -1.47. The zero-order valence-electron chi connectivity index (χ0n) is 29.3. The molecule has 3 N–H and O–H groups in total. The van der Waals surface area contributed by atoms with E-state index in [0.29, 0.717) is 17.0 Å². The third kappa shape index (κ3) is 10.9. The molecular weight excluding hydrogens is 767 g/mol. The van der Waals surface area contributed by atoms with Crippen LogP contribution in [0.1, 0.15) is 16.7 Å². The Labute approximate surface area is 317 Å². The van der Waals surface area contributed by atoms with Crippen LogP contribution in [0.2, 0.25) is 0 Å². The van der Waals surface area contributed by atoms with Gasteiger partial charge in [-0.1, -0.05) is 130 Å². The van der Waals surface area contributed by atoms with Crippen LogP contribution in [0.25, 0.3) is 32.7 Å². The highest BCUT2D eigenvalue weighted by molar-refractivity contribution is 9.11. The number of rotatable bonds is 4. The van der Waals surface area contributed by atoms with Gasteiger partial charge in [-0.15, -0.1) is 0 Å². The molecule has 51 heavy (non-hydrogen) atoms. The number of hydrogen-bond acceptors (Lipinski definition) is 5. The second-order valence-corrected chi connectivity index (χ2v) is 13.5. The lowest BCUT2D eigenvalue weighted by atomic mass is 9.79. The van der Waals surface area contributed by atoms with Crippen LogP contribution in [0.5, 0.6) is 17.2 Å². The molecule has 0 heterocycles. The van der Waals surface area contributed by atoms with Crippen LogP contribution in [0, 0.1) is 20.8 Å². The molecule has 0 saturated carbocycles. The molecule has 0 atom stereocenters. The van der Waals surface area contributed by atoms with Gasteiger partial charge in [-0.2, -0.15) is 0 Å². The Hall–Kier alpha value is -4.60. The molecule has 0 spiro atoms. The molecule has 0 bridgehead atoms. The zero-order chi connectivity index (χ0) is 36.9. The third-order valence-corrected chi connectivity index (χ3v) is 9.25. The largest absolute Gasteiger partial charge is 0.507 e. The second-order valence-electron chi connectivity index (χ2n) is 11.8. The summed E-state index contributed by atoms with van der Waals surface area (Å²) in [6.07, 6.45) is 0. The maximum atomic E-state index is 10.0. The molecule has 5 nitrogen and oxygen atoms in total. The van der Waals surface area contributed by atoms with Gasteiger partial charge in [0.25, 0.3) is 0 Å². The lowest BCUT2D eigenvalue weighted by Gasteiger charge is -2.09. The standard InChI is InChI=1S/C17H14O.C10H7Br.C8H11BO3.C8H9BrO/c1-12-9-10-17(18)16(11-12)15-8-4-6-13-5-2-3-7-14(13)15;11-10-7-3-5-8-4-1-2-6-9(8)10;1-6-3-4-8(12-2)7(5-6)9(10)11;1-6-3-4-8(10-2)7(9)5-6/h2-11,18H,1H3;1-7H;3-5,10-11H,1-2H3;3-5H,1-2H3. The molecule has 0 saturated heterocycles. The number of hydrogen-bond donors (Lipinski definition) is 3. The summed E-state index contributed by atoms with van der Waals surface area (Å²) in [5.74, 6) is 1.71. The van der Waals surface area contributed by atoms with Crippen molar-refractivity contribution in [2.24, 2.45) is 0 Å². The van der Waals surface area contributed by atoms with E-state index >= 15 is 0 Å². The molecular formula is C43H41BBr2O5. The molecule has 0 aliphatic rings. The third-order valence-electron chi connectivity index (χ3n) is 7.94. The summed E-state index contributed by atoms with van der Waals surface area (Å²) in [5.41, 5.74) is 5.72. The average molecular weight is 808 g/mol. The van der Waals surface area contributed by atoms with Gasteiger partial charge in [0, 0.05) is 15.5 Å². The van der Waals surface area contributed by atoms with E-state index in [0.717, 1.165) is 36.9 Å². The van der Waals surface area contributed by atoms with E-state index in [4.69, 9.17) is 19.5 Å². The Kier molecular flexibility index (Phi) is 14.7. The quantitative estimate of drug-likeness (QED) is 0.154. The lowest BCUT2D eigenvalue weighted by Crippen LogP contribution is -2.31. The summed E-state index contributed by atoms with van der Waals surface area (Å²) in [6.45, 7) is 5.96. The molecule has 0 aliphatic carbocycles. The molecule has 8 heteroatoms. The summed E-state index contributed by atoms with van der Waals surface area (Å²) in [7, 11) is 1.69. The van der Waals surface area contributed by atoms with Crippen molar-refractivity contribution in [3.8, 4) is 28.4 Å². The number of halogens is 2. The smallest absolute Gasteiger partial charge is 0.492 e. The number of fused-ring (bicyclic) bond motifs is 2. The summed E-state index contributed by atoms with van der Waals surface area (Å²) in [4.78, 5) is 0. The number of aryl methyl sites for hydroxylation is 3. The summed E-state index contributed by atoms with van der Waals surface area (Å²) in [6, 6.07) is 45.9. The van der Waals surface area contributed by atoms with Crippen LogP contribution in [0.4, 0.5) is 0 Å². The molecule has 0 amide bonds. The Morgan fingerprint density at radius 1 is 0.490 bits per heavy atom. The molecule has 0 aromatic heterocycles. The predicted octanol–water partition coefficient (Wildman–Crippen LogP) is 10.6. The van der Waals surface area contributed by atoms with Crippen molar-refractivity contribution in [2.45, 2.75) is 20.8 Å². The molecule has 260 valence electrons. The maximum Gasteiger partial charge on any atom is 0.492 e. The molecule has 0 unspecified atom stereocenters. The van der Waals surface area contributed by atoms with Gasteiger partial charge < -0.3 is 24.6 Å². The summed E-state index contributed by atoms with van der Waals surface area (Å²) >= 11 is 6.88. The highest BCUT2D eigenvalue weighted by Crippen LogP contribution is 2.35. The fourth-order valence-corrected chi connectivity index (χ4v) is 6.51. The van der Waals surface area contributed by atoms with Gasteiger partial charge in [0.2, 0.25) is 0 Å². The van der Waals surface area contributed by atoms with Crippen molar-refractivity contribution in [3.63, 3.8) is 0 Å². The van der Waals surface area contributed by atoms with E-state index in [1.165, 1.54) is 34.2 Å². The van der Waals surface area contributed by atoms with Crippen LogP contribution in [-0.4, -0.2) is 36.5 Å². The number of aromatic hydroxyl groups is 1. The molecule has 7 aromatic carbocycles. The zero-order valence-corrected chi connectivity index (χ0v) is 32.4. The topological polar surface area (TPSA) is 79.2 Å². The van der Waals surface area contributed by atoms with Crippen molar-refractivity contribution in [1.29, 1.82) is 0 Å². The van der Waals surface area contributed by atoms with Gasteiger partial charge in [-0.25, -0.2) is 0 Å². The Bertz CT molecular complexity index is 2190. The van der Waals surface area contributed by atoms with Gasteiger partial charge in [-0.3, -0.25) is 0 Å². The Balaban J connectivity index is 0.000000157. The first-order chi connectivity index (χ1) is 24.5. The first-order valence-corrected chi connectivity index (χ1v) is 17.8. The van der Waals surface area contributed by atoms with E-state index in [1.54, 1.807) is 25.3 Å². The highest BCUT2D eigenvalue weighted by atomic mass is 79.9. The van der Waals surface area contributed by atoms with Gasteiger partial charge >= 0.3 is 7.12 Å². The normalized spacial score (nSPS) is 10.1. The molecule has 0 aliphatic heterocycles. The predicted molar refractivity (Wildman–Crippen MR) is 220 cm³/mol. The number of phenolic OH excluding ortho intramolecular Hbond substituents is 1. The van der Waals surface area contributed by atoms with Crippen LogP contribution < -0.4 is 14.9 Å². The summed E-state index contributed by atoms with van der Waals surface area (Å²) < 4.78 is 12.2. The molecule has 7 rings (SSSR count). The van der Waals surface area contributed by atoms with Crippen LogP contribution in [-0.2, 0) is 0 Å². The van der Waals surface area contributed by atoms with E-state index in [9.17, 15) is 5.11 Å². The average Bonchev–Trinajstić information content (AvgIpc) is 3.13. The molecule has 0 fully saturated rings. The first-order valence-electron chi connectivity index (χ1n) is 16.2. The fourth-order valence-electron chi connectivity index (χ4n) is 5.34. The first kappa shape index (κ1) is 39.2. The van der Waals surface area contributed by atoms with Gasteiger partial charge in [0.05, 0.1) is 18.7 Å². The van der Waals surface area contributed by atoms with Crippen molar-refractivity contribution < 1.29 is 24.6 Å². The van der Waals surface area contributed by atoms with Crippen LogP contribution in [0.15, 0.2) is 148 Å². The maximum absolute atomic E-state index is 10.0. The van der Waals surface area contributed by atoms with Crippen molar-refractivity contribution in [3.05, 3.63) is 165 Å². The number of methoxy groups -OCH3 is 2. The number of phenols is 1. The van der Waals surface area contributed by atoms with Gasteiger partial charge in [0.15, 0.2) is 0 Å². The van der Waals surface area contributed by atoms with E-state index in [-0.39, 0.29) is 0 Å². The summed E-state index contributed by atoms with van der Waals surface area (Å²) in [5, 5.41) is 32.8. The highest BCUT2D eigenvalue weighted by Gasteiger charge is 2.16. The van der Waals surface area contributed by atoms with E-state index in [1.807, 2.05) is 87.5 Å². The minimum absolute atomic E-state index is 0.331. The van der Waals surface area contributed by atoms with E-state index < -0.39 is 7.12 Å². The van der Waals surface area contributed by atoms with Gasteiger partial charge in [-0.05, 0) is 106 Å². The SMILES string of the molecule is Brc1cccc2ccccc12.COc1ccc(C)cc1B(O)O.COc1ccc(C)cc1Br.Cc1ccc(O)c(-c2cccc3ccccc23)c1. The monoisotopic (exact) mass is 806 g/mol. The molecule has 0 radical (unpaired) electrons. The second kappa shape index (κ2) is 19.1. The Morgan fingerprint density at radius 2 is 1.00 bits per heavy atom. The van der Waals surface area contributed by atoms with E-state index in [2.05, 4.69) is 86.5 Å². The fraction of sp³-hybridized carbons (Fsp3) is 0.116. The Morgan fingerprint density at radius 3 is 1.61 bits per heavy atom. The van der Waals surface area contributed by atoms with Crippen molar-refractivity contribution >= 4 is 66.0 Å². The van der Waals surface area contributed by atoms with Crippen LogP contribution >= 0.6 is 31.9 Å².